The average Bonchev–Trinajstić information content (AvgIpc) is 2.68. The Morgan fingerprint density at radius 3 is 2.43 bits per heavy atom. The van der Waals surface area contributed by atoms with Crippen LogP contribution in [0.4, 0.5) is 5.69 Å². The molecule has 2 aromatic rings. The van der Waals surface area contributed by atoms with E-state index in [0.29, 0.717) is 17.0 Å². The number of hydrogen-bond donors (Lipinski definition) is 2. The number of hydrogen-bond acceptors (Lipinski definition) is 5. The Morgan fingerprint density at radius 2 is 1.75 bits per heavy atom. The first-order chi connectivity index (χ1) is 13.4. The summed E-state index contributed by atoms with van der Waals surface area (Å²) in [6, 6.07) is 14.4. The molecular formula is C21H24N2O4S. The number of amides is 2. The molecule has 0 aliphatic carbocycles. The molecule has 0 saturated carbocycles. The van der Waals surface area contributed by atoms with Gasteiger partial charge in [-0.15, -0.1) is 11.8 Å². The first-order valence-electron chi connectivity index (χ1n) is 8.97. The van der Waals surface area contributed by atoms with Crippen LogP contribution in [0.1, 0.15) is 29.8 Å². The molecule has 0 unspecified atom stereocenters. The van der Waals surface area contributed by atoms with Crippen molar-refractivity contribution in [3.63, 3.8) is 0 Å². The number of esters is 1. The van der Waals surface area contributed by atoms with E-state index in [1.165, 1.54) is 18.7 Å². The number of carbonyl (C=O) groups excluding carboxylic acids is 3. The van der Waals surface area contributed by atoms with Gasteiger partial charge in [0, 0.05) is 17.1 Å². The van der Waals surface area contributed by atoms with E-state index in [4.69, 9.17) is 4.74 Å². The maximum absolute atomic E-state index is 12.4. The van der Waals surface area contributed by atoms with E-state index in [2.05, 4.69) is 10.6 Å². The molecule has 0 aliphatic heterocycles. The monoisotopic (exact) mass is 400 g/mol. The van der Waals surface area contributed by atoms with Crippen LogP contribution in [0.15, 0.2) is 53.4 Å². The van der Waals surface area contributed by atoms with Crippen molar-refractivity contribution in [1.29, 1.82) is 0 Å². The molecule has 2 rings (SSSR count). The van der Waals surface area contributed by atoms with Crippen LogP contribution in [-0.4, -0.2) is 36.2 Å². The zero-order valence-corrected chi connectivity index (χ0v) is 17.0. The van der Waals surface area contributed by atoms with Gasteiger partial charge in [-0.1, -0.05) is 29.8 Å². The van der Waals surface area contributed by atoms with Crippen molar-refractivity contribution in [3.05, 3.63) is 59.7 Å². The summed E-state index contributed by atoms with van der Waals surface area (Å²) in [5, 5.41) is 5.43. The lowest BCUT2D eigenvalue weighted by Crippen LogP contribution is -2.35. The van der Waals surface area contributed by atoms with Crippen LogP contribution in [0.3, 0.4) is 0 Å². The maximum Gasteiger partial charge on any atom is 0.340 e. The van der Waals surface area contributed by atoms with Crippen LogP contribution in [-0.2, 0) is 14.3 Å². The topological polar surface area (TPSA) is 84.5 Å². The van der Waals surface area contributed by atoms with E-state index in [0.717, 1.165) is 11.3 Å². The lowest BCUT2D eigenvalue weighted by molar-refractivity contribution is -0.129. The number of benzene rings is 2. The smallest absolute Gasteiger partial charge is 0.340 e. The highest BCUT2D eigenvalue weighted by molar-refractivity contribution is 8.00. The molecule has 2 aromatic carbocycles. The molecule has 0 spiro atoms. The summed E-state index contributed by atoms with van der Waals surface area (Å²) in [5.74, 6) is -0.976. The van der Waals surface area contributed by atoms with Gasteiger partial charge in [0.05, 0.1) is 11.3 Å². The van der Waals surface area contributed by atoms with E-state index in [9.17, 15) is 14.4 Å². The lowest BCUT2D eigenvalue weighted by Gasteiger charge is -2.14. The van der Waals surface area contributed by atoms with Gasteiger partial charge in [0.1, 0.15) is 0 Å². The Morgan fingerprint density at radius 1 is 1.07 bits per heavy atom. The standard InChI is InChI=1S/C21H24N2O4S/c1-4-22-20(25)15(3)27-21(26)17-7-5-6-8-18(17)28-13-19(24)23-16-11-9-14(2)10-12-16/h5-12,15H,4,13H2,1-3H3,(H,22,25)(H,23,24)/t15-/m0/s1. The minimum Gasteiger partial charge on any atom is -0.449 e. The highest BCUT2D eigenvalue weighted by Crippen LogP contribution is 2.24. The SMILES string of the molecule is CCNC(=O)[C@H](C)OC(=O)c1ccccc1SCC(=O)Nc1ccc(C)cc1. The van der Waals surface area contributed by atoms with Crippen molar-refractivity contribution in [2.75, 3.05) is 17.6 Å². The minimum absolute atomic E-state index is 0.143. The predicted octanol–water partition coefficient (Wildman–Crippen LogP) is 3.41. The molecule has 0 saturated heterocycles. The van der Waals surface area contributed by atoms with Gasteiger partial charge >= 0.3 is 5.97 Å². The van der Waals surface area contributed by atoms with Crippen LogP contribution in [0.25, 0.3) is 0 Å². The highest BCUT2D eigenvalue weighted by atomic mass is 32.2. The predicted molar refractivity (Wildman–Crippen MR) is 111 cm³/mol. The largest absolute Gasteiger partial charge is 0.449 e. The first kappa shape index (κ1) is 21.5. The van der Waals surface area contributed by atoms with Gasteiger partial charge in [0.25, 0.3) is 5.91 Å². The second-order valence-corrected chi connectivity index (χ2v) is 7.16. The number of ether oxygens (including phenoxy) is 1. The molecule has 0 aromatic heterocycles. The van der Waals surface area contributed by atoms with Gasteiger partial charge < -0.3 is 15.4 Å². The Balaban J connectivity index is 1.97. The zero-order valence-electron chi connectivity index (χ0n) is 16.2. The first-order valence-corrected chi connectivity index (χ1v) is 9.96. The fourth-order valence-electron chi connectivity index (χ4n) is 2.33. The Labute approximate surface area is 169 Å². The van der Waals surface area contributed by atoms with E-state index < -0.39 is 12.1 Å². The normalized spacial score (nSPS) is 11.4. The van der Waals surface area contributed by atoms with Gasteiger partial charge in [-0.25, -0.2) is 4.79 Å². The van der Waals surface area contributed by atoms with Gasteiger partial charge in [-0.3, -0.25) is 9.59 Å². The van der Waals surface area contributed by atoms with Crippen molar-refractivity contribution in [2.24, 2.45) is 0 Å². The lowest BCUT2D eigenvalue weighted by atomic mass is 10.2. The van der Waals surface area contributed by atoms with Crippen molar-refractivity contribution >= 4 is 35.2 Å². The number of anilines is 1. The molecule has 0 aliphatic rings. The molecule has 2 N–H and O–H groups in total. The summed E-state index contributed by atoms with van der Waals surface area (Å²) in [6.45, 7) is 5.75. The summed E-state index contributed by atoms with van der Waals surface area (Å²) in [6.07, 6.45) is -0.893. The van der Waals surface area contributed by atoms with Crippen molar-refractivity contribution in [3.8, 4) is 0 Å². The molecule has 0 heterocycles. The van der Waals surface area contributed by atoms with Gasteiger partial charge in [0.2, 0.25) is 5.91 Å². The zero-order chi connectivity index (χ0) is 20.5. The fraction of sp³-hybridized carbons (Fsp3) is 0.286. The second-order valence-electron chi connectivity index (χ2n) is 6.14. The van der Waals surface area contributed by atoms with E-state index >= 15 is 0 Å². The van der Waals surface area contributed by atoms with Crippen LogP contribution < -0.4 is 10.6 Å². The molecule has 0 fully saturated rings. The number of thioether (sulfide) groups is 1. The summed E-state index contributed by atoms with van der Waals surface area (Å²) in [4.78, 5) is 37.0. The van der Waals surface area contributed by atoms with Gasteiger partial charge in [-0.2, -0.15) is 0 Å². The molecule has 0 bridgehead atoms. The Kier molecular flexibility index (Phi) is 8.07. The van der Waals surface area contributed by atoms with Gasteiger partial charge in [-0.05, 0) is 45.0 Å². The number of nitrogens with one attached hydrogen (secondary N) is 2. The molecule has 0 radical (unpaired) electrons. The fourth-order valence-corrected chi connectivity index (χ4v) is 3.17. The van der Waals surface area contributed by atoms with Crippen LogP contribution >= 0.6 is 11.8 Å². The third kappa shape index (κ3) is 6.42. The van der Waals surface area contributed by atoms with E-state index in [1.807, 2.05) is 31.2 Å². The van der Waals surface area contributed by atoms with E-state index in [1.54, 1.807) is 31.2 Å². The van der Waals surface area contributed by atoms with Gasteiger partial charge in [0.15, 0.2) is 6.10 Å². The molecule has 148 valence electrons. The molecule has 2 amide bonds. The Hall–Kier alpha value is -2.80. The maximum atomic E-state index is 12.4. The third-order valence-corrected chi connectivity index (χ3v) is 4.88. The summed E-state index contributed by atoms with van der Waals surface area (Å²) in [7, 11) is 0. The summed E-state index contributed by atoms with van der Waals surface area (Å²) < 4.78 is 5.24. The third-order valence-electron chi connectivity index (χ3n) is 3.81. The number of likely N-dealkylation sites (N-methyl/N-ethyl adjacent to an activating group) is 1. The van der Waals surface area contributed by atoms with Crippen molar-refractivity contribution in [1.82, 2.24) is 5.32 Å². The average molecular weight is 401 g/mol. The molecular weight excluding hydrogens is 376 g/mol. The number of carbonyl (C=O) groups is 3. The Bertz CT molecular complexity index is 837. The highest BCUT2D eigenvalue weighted by Gasteiger charge is 2.20. The quantitative estimate of drug-likeness (QED) is 0.524. The summed E-state index contributed by atoms with van der Waals surface area (Å²) in [5.41, 5.74) is 2.16. The van der Waals surface area contributed by atoms with Crippen molar-refractivity contribution in [2.45, 2.75) is 31.8 Å². The minimum atomic E-state index is -0.893. The van der Waals surface area contributed by atoms with E-state index in [-0.39, 0.29) is 17.6 Å². The molecule has 1 atom stereocenters. The van der Waals surface area contributed by atoms with Crippen LogP contribution in [0, 0.1) is 6.92 Å². The van der Waals surface area contributed by atoms with Crippen LogP contribution in [0.2, 0.25) is 0 Å². The molecule has 7 heteroatoms. The van der Waals surface area contributed by atoms with Crippen LogP contribution in [0.5, 0.6) is 0 Å². The number of rotatable bonds is 8. The second kappa shape index (κ2) is 10.5. The molecule has 28 heavy (non-hydrogen) atoms. The number of aryl methyl sites for hydroxylation is 1. The van der Waals surface area contributed by atoms with Crippen molar-refractivity contribution < 1.29 is 19.1 Å². The molecule has 6 nitrogen and oxygen atoms in total. The summed E-state index contributed by atoms with van der Waals surface area (Å²) >= 11 is 1.24.